The highest BCUT2D eigenvalue weighted by atomic mass is 32.1. The maximum Gasteiger partial charge on any atom is 0.262 e. The van der Waals surface area contributed by atoms with E-state index in [4.69, 9.17) is 5.26 Å². The van der Waals surface area contributed by atoms with Crippen LogP contribution in [0.1, 0.15) is 10.6 Å². The Morgan fingerprint density at radius 2 is 2.39 bits per heavy atom. The number of aromatic amines is 1. The third-order valence-electron chi connectivity index (χ3n) is 2.29. The molecule has 0 atom stereocenters. The summed E-state index contributed by atoms with van der Waals surface area (Å²) in [5.41, 5.74) is 0.826. The van der Waals surface area contributed by atoms with E-state index in [2.05, 4.69) is 10.3 Å². The highest BCUT2D eigenvalue weighted by Gasteiger charge is 2.08. The van der Waals surface area contributed by atoms with Crippen LogP contribution in [0.5, 0.6) is 0 Å². The average molecular weight is 257 g/mol. The van der Waals surface area contributed by atoms with Crippen molar-refractivity contribution < 1.29 is 4.79 Å². The highest BCUT2D eigenvalue weighted by molar-refractivity contribution is 7.09. The minimum absolute atomic E-state index is 0.0917. The van der Waals surface area contributed by atoms with E-state index in [0.717, 1.165) is 10.6 Å². The van der Waals surface area contributed by atoms with Crippen molar-refractivity contribution in [2.24, 2.45) is 0 Å². The number of carbonyl (C=O) groups excluding carboxylic acids is 1. The Kier molecular flexibility index (Phi) is 3.94. The first-order valence-corrected chi connectivity index (χ1v) is 6.23. The molecule has 0 bridgehead atoms. The summed E-state index contributed by atoms with van der Waals surface area (Å²) in [4.78, 5) is 15.8. The van der Waals surface area contributed by atoms with E-state index in [1.807, 2.05) is 29.6 Å². The SMILES string of the molecule is N#C/C(=C/c1ccc[nH]1)C(=O)NCc1cccs1. The van der Waals surface area contributed by atoms with Crippen molar-refractivity contribution in [2.75, 3.05) is 0 Å². The molecule has 18 heavy (non-hydrogen) atoms. The molecular weight excluding hydrogens is 246 g/mol. The molecule has 0 aliphatic heterocycles. The summed E-state index contributed by atoms with van der Waals surface area (Å²) in [5, 5.41) is 13.6. The van der Waals surface area contributed by atoms with Crippen LogP contribution in [0.2, 0.25) is 0 Å². The van der Waals surface area contributed by atoms with E-state index >= 15 is 0 Å². The molecule has 1 amide bonds. The summed E-state index contributed by atoms with van der Waals surface area (Å²) in [5.74, 6) is -0.361. The van der Waals surface area contributed by atoms with Crippen molar-refractivity contribution in [3.8, 4) is 6.07 Å². The van der Waals surface area contributed by atoms with Gasteiger partial charge >= 0.3 is 0 Å². The number of hydrogen-bond acceptors (Lipinski definition) is 3. The molecule has 0 unspecified atom stereocenters. The maximum atomic E-state index is 11.8. The van der Waals surface area contributed by atoms with Gasteiger partial charge in [-0.25, -0.2) is 0 Å². The first-order valence-electron chi connectivity index (χ1n) is 5.35. The van der Waals surface area contributed by atoms with Crippen LogP contribution >= 0.6 is 11.3 Å². The van der Waals surface area contributed by atoms with E-state index < -0.39 is 0 Å². The Hall–Kier alpha value is -2.32. The predicted octanol–water partition coefficient (Wildman–Crippen LogP) is 2.30. The van der Waals surface area contributed by atoms with Crippen molar-refractivity contribution in [3.63, 3.8) is 0 Å². The average Bonchev–Trinajstić information content (AvgIpc) is 3.06. The van der Waals surface area contributed by atoms with Gasteiger partial charge in [0.05, 0.1) is 6.54 Å². The van der Waals surface area contributed by atoms with E-state index in [1.54, 1.807) is 23.6 Å². The second kappa shape index (κ2) is 5.84. The number of thiophene rings is 1. The van der Waals surface area contributed by atoms with Gasteiger partial charge in [0, 0.05) is 16.8 Å². The lowest BCUT2D eigenvalue weighted by molar-refractivity contribution is -0.117. The Labute approximate surface area is 109 Å². The lowest BCUT2D eigenvalue weighted by atomic mass is 10.2. The molecule has 5 heteroatoms. The maximum absolute atomic E-state index is 11.8. The first-order chi connectivity index (χ1) is 8.79. The van der Waals surface area contributed by atoms with E-state index in [1.165, 1.54) is 6.08 Å². The fraction of sp³-hybridized carbons (Fsp3) is 0.0769. The van der Waals surface area contributed by atoms with Gasteiger partial charge < -0.3 is 10.3 Å². The van der Waals surface area contributed by atoms with Gasteiger partial charge in [-0.2, -0.15) is 5.26 Å². The van der Waals surface area contributed by atoms with Gasteiger partial charge in [0.1, 0.15) is 11.6 Å². The molecule has 2 heterocycles. The highest BCUT2D eigenvalue weighted by Crippen LogP contribution is 2.08. The summed E-state index contributed by atoms with van der Waals surface area (Å²) in [7, 11) is 0. The van der Waals surface area contributed by atoms with Gasteiger partial charge in [-0.3, -0.25) is 4.79 Å². The Morgan fingerprint density at radius 1 is 1.50 bits per heavy atom. The van der Waals surface area contributed by atoms with Crippen molar-refractivity contribution in [1.29, 1.82) is 5.26 Å². The molecule has 0 saturated carbocycles. The van der Waals surface area contributed by atoms with Gasteiger partial charge in [0.2, 0.25) is 0 Å². The molecule has 2 aromatic heterocycles. The normalized spacial score (nSPS) is 10.9. The molecule has 0 radical (unpaired) electrons. The monoisotopic (exact) mass is 257 g/mol. The second-order valence-corrected chi connectivity index (χ2v) is 4.59. The van der Waals surface area contributed by atoms with Crippen LogP contribution in [0.3, 0.4) is 0 Å². The van der Waals surface area contributed by atoms with Crippen molar-refractivity contribution in [1.82, 2.24) is 10.3 Å². The summed E-state index contributed by atoms with van der Waals surface area (Å²) >= 11 is 1.57. The molecule has 0 aromatic carbocycles. The third kappa shape index (κ3) is 3.09. The number of nitrogens with zero attached hydrogens (tertiary/aromatic N) is 1. The predicted molar refractivity (Wildman–Crippen MR) is 70.5 cm³/mol. The smallest absolute Gasteiger partial charge is 0.262 e. The Bertz CT molecular complexity index is 576. The van der Waals surface area contributed by atoms with Gasteiger partial charge in [-0.1, -0.05) is 6.07 Å². The fourth-order valence-corrected chi connectivity index (χ4v) is 2.06. The Morgan fingerprint density at radius 3 is 3.00 bits per heavy atom. The van der Waals surface area contributed by atoms with Gasteiger partial charge in [-0.15, -0.1) is 11.3 Å². The molecule has 0 aliphatic rings. The summed E-state index contributed by atoms with van der Waals surface area (Å²) in [6.07, 6.45) is 3.27. The van der Waals surface area contributed by atoms with Crippen LogP contribution in [-0.4, -0.2) is 10.9 Å². The standard InChI is InChI=1S/C13H11N3OS/c14-8-10(7-11-3-1-5-15-11)13(17)16-9-12-4-2-6-18-12/h1-7,15H,9H2,(H,16,17)/b10-7-. The minimum Gasteiger partial charge on any atom is -0.362 e. The van der Waals surface area contributed by atoms with Gasteiger partial charge in [-0.05, 0) is 29.7 Å². The van der Waals surface area contributed by atoms with Gasteiger partial charge in [0.25, 0.3) is 5.91 Å². The van der Waals surface area contributed by atoms with Crippen LogP contribution in [0, 0.1) is 11.3 Å². The topological polar surface area (TPSA) is 68.7 Å². The molecule has 4 nitrogen and oxygen atoms in total. The number of rotatable bonds is 4. The number of carbonyl (C=O) groups is 1. The summed E-state index contributed by atoms with van der Waals surface area (Å²) in [6, 6.07) is 9.37. The molecule has 0 fully saturated rings. The lowest BCUT2D eigenvalue weighted by Crippen LogP contribution is -2.23. The lowest BCUT2D eigenvalue weighted by Gasteiger charge is -2.01. The van der Waals surface area contributed by atoms with Crippen LogP contribution in [0.25, 0.3) is 6.08 Å². The molecule has 2 N–H and O–H groups in total. The third-order valence-corrected chi connectivity index (χ3v) is 3.17. The largest absolute Gasteiger partial charge is 0.362 e. The second-order valence-electron chi connectivity index (χ2n) is 3.56. The van der Waals surface area contributed by atoms with E-state index in [0.29, 0.717) is 6.54 Å². The molecule has 90 valence electrons. The van der Waals surface area contributed by atoms with Crippen molar-refractivity contribution >= 4 is 23.3 Å². The van der Waals surface area contributed by atoms with Crippen molar-refractivity contribution in [2.45, 2.75) is 6.54 Å². The van der Waals surface area contributed by atoms with Crippen molar-refractivity contribution in [3.05, 3.63) is 52.0 Å². The van der Waals surface area contributed by atoms with E-state index in [-0.39, 0.29) is 11.5 Å². The first kappa shape index (κ1) is 12.1. The zero-order valence-corrected chi connectivity index (χ0v) is 10.3. The Balaban J connectivity index is 2.00. The number of nitriles is 1. The fourth-order valence-electron chi connectivity index (χ4n) is 1.41. The quantitative estimate of drug-likeness (QED) is 0.652. The number of aromatic nitrogens is 1. The molecule has 2 rings (SSSR count). The molecule has 0 spiro atoms. The zero-order chi connectivity index (χ0) is 12.8. The number of amides is 1. The van der Waals surface area contributed by atoms with E-state index in [9.17, 15) is 4.79 Å². The van der Waals surface area contributed by atoms with Crippen LogP contribution in [0.4, 0.5) is 0 Å². The molecule has 0 saturated heterocycles. The minimum atomic E-state index is -0.361. The number of H-pyrrole nitrogens is 1. The zero-order valence-electron chi connectivity index (χ0n) is 9.51. The molecule has 2 aromatic rings. The number of hydrogen-bond donors (Lipinski definition) is 2. The summed E-state index contributed by atoms with van der Waals surface area (Å²) < 4.78 is 0. The van der Waals surface area contributed by atoms with Crippen LogP contribution in [0.15, 0.2) is 41.4 Å². The number of nitrogens with one attached hydrogen (secondary N) is 2. The molecular formula is C13H11N3OS. The molecule has 0 aliphatic carbocycles. The van der Waals surface area contributed by atoms with Gasteiger partial charge in [0.15, 0.2) is 0 Å². The summed E-state index contributed by atoms with van der Waals surface area (Å²) in [6.45, 7) is 0.445. The van der Waals surface area contributed by atoms with Crippen LogP contribution in [-0.2, 0) is 11.3 Å². The van der Waals surface area contributed by atoms with Crippen LogP contribution < -0.4 is 5.32 Å².